The highest BCUT2D eigenvalue weighted by Crippen LogP contribution is 2.18. The predicted octanol–water partition coefficient (Wildman–Crippen LogP) is 1.12. The third kappa shape index (κ3) is 2.45. The summed E-state index contributed by atoms with van der Waals surface area (Å²) in [5, 5.41) is 0. The van der Waals surface area contributed by atoms with Gasteiger partial charge in [-0.1, -0.05) is 13.3 Å². The van der Waals surface area contributed by atoms with Gasteiger partial charge in [0.1, 0.15) is 0 Å². The second kappa shape index (κ2) is 5.07. The van der Waals surface area contributed by atoms with Gasteiger partial charge in [-0.15, -0.1) is 0 Å². The molecule has 0 N–H and O–H groups in total. The van der Waals surface area contributed by atoms with Crippen molar-refractivity contribution in [3.05, 3.63) is 11.6 Å². The van der Waals surface area contributed by atoms with Crippen LogP contribution in [0.3, 0.4) is 0 Å². The number of hydrogen-bond acceptors (Lipinski definition) is 3. The van der Waals surface area contributed by atoms with Crippen molar-refractivity contribution in [3.63, 3.8) is 0 Å². The zero-order valence-corrected chi connectivity index (χ0v) is 9.45. The second-order valence-electron chi connectivity index (χ2n) is 3.74. The molecule has 2 amide bonds. The minimum absolute atomic E-state index is 0.131. The molecular formula is C11H17NO3. The molecule has 0 aromatic heterocycles. The number of carbonyl (C=O) groups is 2. The van der Waals surface area contributed by atoms with Crippen molar-refractivity contribution in [3.8, 4) is 0 Å². The quantitative estimate of drug-likeness (QED) is 0.640. The van der Waals surface area contributed by atoms with Crippen LogP contribution in [-0.4, -0.2) is 36.5 Å². The SMILES string of the molecule is CCCC(COC)N1C(=O)C=C(C)C1=O. The molecule has 0 bridgehead atoms. The van der Waals surface area contributed by atoms with Gasteiger partial charge < -0.3 is 4.74 Å². The number of imide groups is 1. The molecule has 0 saturated carbocycles. The van der Waals surface area contributed by atoms with E-state index in [-0.39, 0.29) is 17.9 Å². The molecule has 84 valence electrons. The van der Waals surface area contributed by atoms with Crippen LogP contribution >= 0.6 is 0 Å². The number of nitrogens with zero attached hydrogens (tertiary/aromatic N) is 1. The van der Waals surface area contributed by atoms with Gasteiger partial charge in [-0.05, 0) is 13.3 Å². The molecule has 1 atom stereocenters. The average Bonchev–Trinajstić information content (AvgIpc) is 2.41. The Morgan fingerprint density at radius 2 is 2.13 bits per heavy atom. The molecule has 0 radical (unpaired) electrons. The molecule has 0 fully saturated rings. The number of amides is 2. The van der Waals surface area contributed by atoms with Gasteiger partial charge in [0.05, 0.1) is 12.6 Å². The molecule has 1 aliphatic heterocycles. The first kappa shape index (κ1) is 11.9. The molecule has 1 aliphatic rings. The van der Waals surface area contributed by atoms with Gasteiger partial charge in [0.2, 0.25) is 0 Å². The van der Waals surface area contributed by atoms with Gasteiger partial charge in [-0.2, -0.15) is 0 Å². The van der Waals surface area contributed by atoms with Gasteiger partial charge in [0.25, 0.3) is 11.8 Å². The summed E-state index contributed by atoms with van der Waals surface area (Å²) in [6, 6.07) is -0.131. The molecule has 0 spiro atoms. The second-order valence-corrected chi connectivity index (χ2v) is 3.74. The monoisotopic (exact) mass is 211 g/mol. The Morgan fingerprint density at radius 1 is 1.47 bits per heavy atom. The van der Waals surface area contributed by atoms with Crippen LogP contribution in [0.15, 0.2) is 11.6 Å². The summed E-state index contributed by atoms with van der Waals surface area (Å²) >= 11 is 0. The lowest BCUT2D eigenvalue weighted by molar-refractivity contribution is -0.141. The van der Waals surface area contributed by atoms with Crippen LogP contribution in [0.25, 0.3) is 0 Å². The zero-order chi connectivity index (χ0) is 11.4. The highest BCUT2D eigenvalue weighted by molar-refractivity contribution is 6.16. The first-order valence-electron chi connectivity index (χ1n) is 5.16. The lowest BCUT2D eigenvalue weighted by atomic mass is 10.1. The fourth-order valence-electron chi connectivity index (χ4n) is 1.76. The lowest BCUT2D eigenvalue weighted by Crippen LogP contribution is -2.43. The van der Waals surface area contributed by atoms with Gasteiger partial charge in [-0.3, -0.25) is 14.5 Å². The van der Waals surface area contributed by atoms with Crippen molar-refractivity contribution >= 4 is 11.8 Å². The molecule has 0 aliphatic carbocycles. The summed E-state index contributed by atoms with van der Waals surface area (Å²) in [5.74, 6) is -0.400. The minimum Gasteiger partial charge on any atom is -0.383 e. The Bertz CT molecular complexity index is 290. The summed E-state index contributed by atoms with van der Waals surface area (Å²) in [6.07, 6.45) is 3.09. The van der Waals surface area contributed by atoms with Gasteiger partial charge in [-0.25, -0.2) is 0 Å². The molecule has 0 saturated heterocycles. The van der Waals surface area contributed by atoms with Crippen LogP contribution in [0.5, 0.6) is 0 Å². The van der Waals surface area contributed by atoms with Crippen molar-refractivity contribution in [2.45, 2.75) is 32.7 Å². The first-order chi connectivity index (χ1) is 7.11. The van der Waals surface area contributed by atoms with Crippen LogP contribution in [0.4, 0.5) is 0 Å². The normalized spacial score (nSPS) is 18.3. The van der Waals surface area contributed by atoms with E-state index in [1.165, 1.54) is 11.0 Å². The van der Waals surface area contributed by atoms with Crippen LogP contribution in [-0.2, 0) is 14.3 Å². The molecule has 0 aromatic carbocycles. The van der Waals surface area contributed by atoms with E-state index < -0.39 is 0 Å². The highest BCUT2D eigenvalue weighted by atomic mass is 16.5. The predicted molar refractivity (Wildman–Crippen MR) is 56.2 cm³/mol. The molecule has 1 heterocycles. The van der Waals surface area contributed by atoms with Crippen LogP contribution in [0, 0.1) is 0 Å². The van der Waals surface area contributed by atoms with Crippen molar-refractivity contribution in [1.82, 2.24) is 4.90 Å². The van der Waals surface area contributed by atoms with Gasteiger partial charge in [0, 0.05) is 18.8 Å². The van der Waals surface area contributed by atoms with Crippen molar-refractivity contribution in [1.29, 1.82) is 0 Å². The molecule has 4 heteroatoms. The van der Waals surface area contributed by atoms with E-state index in [4.69, 9.17) is 4.74 Å². The Hall–Kier alpha value is -1.16. The Morgan fingerprint density at radius 3 is 2.53 bits per heavy atom. The maximum Gasteiger partial charge on any atom is 0.256 e. The Kier molecular flexibility index (Phi) is 4.03. The average molecular weight is 211 g/mol. The van der Waals surface area contributed by atoms with Crippen molar-refractivity contribution < 1.29 is 14.3 Å². The van der Waals surface area contributed by atoms with Gasteiger partial charge in [0.15, 0.2) is 0 Å². The number of carbonyl (C=O) groups excluding carboxylic acids is 2. The van der Waals surface area contributed by atoms with Crippen molar-refractivity contribution in [2.24, 2.45) is 0 Å². The fourth-order valence-corrected chi connectivity index (χ4v) is 1.76. The fraction of sp³-hybridized carbons (Fsp3) is 0.636. The van der Waals surface area contributed by atoms with Crippen LogP contribution in [0.2, 0.25) is 0 Å². The summed E-state index contributed by atoms with van der Waals surface area (Å²) in [7, 11) is 1.58. The molecule has 15 heavy (non-hydrogen) atoms. The minimum atomic E-state index is -0.215. The standard InChI is InChI=1S/C11H17NO3/c1-4-5-9(7-15-3)12-10(13)6-8(2)11(12)14/h6,9H,4-5,7H2,1-3H3. The third-order valence-electron chi connectivity index (χ3n) is 2.48. The largest absolute Gasteiger partial charge is 0.383 e. The van der Waals surface area contributed by atoms with E-state index >= 15 is 0 Å². The van der Waals surface area contributed by atoms with E-state index in [0.717, 1.165) is 12.8 Å². The Labute approximate surface area is 89.9 Å². The van der Waals surface area contributed by atoms with E-state index in [1.807, 2.05) is 6.92 Å². The maximum atomic E-state index is 11.7. The number of ether oxygens (including phenoxy) is 1. The van der Waals surface area contributed by atoms with E-state index in [1.54, 1.807) is 14.0 Å². The molecule has 1 rings (SSSR count). The number of rotatable bonds is 5. The molecule has 1 unspecified atom stereocenters. The summed E-state index contributed by atoms with van der Waals surface area (Å²) in [6.45, 7) is 4.09. The van der Waals surface area contributed by atoms with Crippen LogP contribution in [0.1, 0.15) is 26.7 Å². The molecular weight excluding hydrogens is 194 g/mol. The molecule has 0 aromatic rings. The number of methoxy groups -OCH3 is 1. The number of hydrogen-bond donors (Lipinski definition) is 0. The smallest absolute Gasteiger partial charge is 0.256 e. The van der Waals surface area contributed by atoms with E-state index in [2.05, 4.69) is 0 Å². The molecule has 4 nitrogen and oxygen atoms in total. The van der Waals surface area contributed by atoms with Crippen molar-refractivity contribution in [2.75, 3.05) is 13.7 Å². The summed E-state index contributed by atoms with van der Waals surface area (Å²) in [4.78, 5) is 24.6. The first-order valence-corrected chi connectivity index (χ1v) is 5.16. The van der Waals surface area contributed by atoms with E-state index in [9.17, 15) is 9.59 Å². The maximum absolute atomic E-state index is 11.7. The lowest BCUT2D eigenvalue weighted by Gasteiger charge is -2.25. The third-order valence-corrected chi connectivity index (χ3v) is 2.48. The Balaban J connectivity index is 2.76. The summed E-state index contributed by atoms with van der Waals surface area (Å²) < 4.78 is 5.03. The zero-order valence-electron chi connectivity index (χ0n) is 9.45. The van der Waals surface area contributed by atoms with E-state index in [0.29, 0.717) is 12.2 Å². The summed E-state index contributed by atoms with van der Waals surface area (Å²) in [5.41, 5.74) is 0.511. The highest BCUT2D eigenvalue weighted by Gasteiger charge is 2.33. The topological polar surface area (TPSA) is 46.6 Å². The van der Waals surface area contributed by atoms with Gasteiger partial charge >= 0.3 is 0 Å². The van der Waals surface area contributed by atoms with Crippen LogP contribution < -0.4 is 0 Å².